The van der Waals surface area contributed by atoms with Crippen molar-refractivity contribution in [3.63, 3.8) is 0 Å². The summed E-state index contributed by atoms with van der Waals surface area (Å²) in [4.78, 5) is 48.5. The van der Waals surface area contributed by atoms with Crippen molar-refractivity contribution in [3.05, 3.63) is 110 Å². The van der Waals surface area contributed by atoms with E-state index in [0.29, 0.717) is 22.2 Å². The molecule has 0 aliphatic rings. The summed E-state index contributed by atoms with van der Waals surface area (Å²) in [6.07, 6.45) is 1.48. The van der Waals surface area contributed by atoms with Crippen molar-refractivity contribution in [1.82, 2.24) is 24.4 Å². The van der Waals surface area contributed by atoms with E-state index in [1.54, 1.807) is 61.5 Å². The quantitative estimate of drug-likeness (QED) is 0.399. The summed E-state index contributed by atoms with van der Waals surface area (Å²) >= 11 is 5.98. The van der Waals surface area contributed by atoms with Gasteiger partial charge in [0.2, 0.25) is 5.62 Å². The molecule has 0 atom stereocenters. The van der Waals surface area contributed by atoms with Crippen molar-refractivity contribution in [2.45, 2.75) is 20.0 Å². The van der Waals surface area contributed by atoms with Crippen LogP contribution in [0.1, 0.15) is 23.0 Å². The number of pyridine rings is 1. The Hall–Kier alpha value is -4.44. The summed E-state index contributed by atoms with van der Waals surface area (Å²) in [7, 11) is 1.52. The largest absolute Gasteiger partial charge is 0.457 e. The van der Waals surface area contributed by atoms with Crippen molar-refractivity contribution in [2.75, 3.05) is 7.05 Å². The van der Waals surface area contributed by atoms with Gasteiger partial charge in [0.1, 0.15) is 17.2 Å². The summed E-state index contributed by atoms with van der Waals surface area (Å²) in [5, 5.41) is 3.10. The molecular formula is C25H23ClN6O4. The Balaban J connectivity index is 1.66. The van der Waals surface area contributed by atoms with E-state index in [2.05, 4.69) is 20.3 Å². The summed E-state index contributed by atoms with van der Waals surface area (Å²) in [5.41, 5.74) is 0.653. The van der Waals surface area contributed by atoms with Gasteiger partial charge in [-0.2, -0.15) is 0 Å². The average Bonchev–Trinajstić information content (AvgIpc) is 2.88. The third-order valence-electron chi connectivity index (χ3n) is 5.25. The molecule has 0 aliphatic carbocycles. The predicted octanol–water partition coefficient (Wildman–Crippen LogP) is 2.84. The number of amides is 1. The highest BCUT2D eigenvalue weighted by molar-refractivity contribution is 6.30. The van der Waals surface area contributed by atoms with Crippen molar-refractivity contribution >= 4 is 23.2 Å². The summed E-state index contributed by atoms with van der Waals surface area (Å²) < 4.78 is 8.31. The van der Waals surface area contributed by atoms with Crippen LogP contribution in [0, 0.1) is 0 Å². The number of nitrogens with one attached hydrogen (secondary N) is 2. The molecule has 0 aliphatic heterocycles. The number of rotatable bonds is 7. The Labute approximate surface area is 210 Å². The Morgan fingerprint density at radius 2 is 1.78 bits per heavy atom. The van der Waals surface area contributed by atoms with Gasteiger partial charge in [0.15, 0.2) is 0 Å². The van der Waals surface area contributed by atoms with Gasteiger partial charge in [-0.3, -0.25) is 19.3 Å². The molecule has 10 nitrogen and oxygen atoms in total. The Bertz CT molecular complexity index is 1570. The highest BCUT2D eigenvalue weighted by Crippen LogP contribution is 2.24. The minimum atomic E-state index is -0.543. The van der Waals surface area contributed by atoms with Crippen LogP contribution in [0.3, 0.4) is 0 Å². The number of benzene rings is 2. The van der Waals surface area contributed by atoms with Gasteiger partial charge in [0.25, 0.3) is 5.91 Å². The highest BCUT2D eigenvalue weighted by Gasteiger charge is 2.10. The molecule has 2 heterocycles. The first kappa shape index (κ1) is 24.7. The monoisotopic (exact) mass is 506 g/mol. The van der Waals surface area contributed by atoms with E-state index in [-0.39, 0.29) is 30.3 Å². The molecule has 0 unspecified atom stereocenters. The molecule has 4 aromatic rings. The Morgan fingerprint density at radius 3 is 2.44 bits per heavy atom. The first-order chi connectivity index (χ1) is 17.4. The van der Waals surface area contributed by atoms with Crippen LogP contribution in [0.25, 0.3) is 0 Å². The number of aromatic nitrogens is 4. The maximum Gasteiger partial charge on any atom is 0.335 e. The second-order valence-corrected chi connectivity index (χ2v) is 8.09. The zero-order chi connectivity index (χ0) is 25.7. The third-order valence-corrected chi connectivity index (χ3v) is 5.50. The van der Waals surface area contributed by atoms with E-state index in [1.165, 1.54) is 23.9 Å². The predicted molar refractivity (Wildman–Crippen MR) is 135 cm³/mol. The van der Waals surface area contributed by atoms with Crippen LogP contribution in [-0.2, 0) is 13.1 Å². The van der Waals surface area contributed by atoms with E-state index < -0.39 is 11.4 Å². The SMILES string of the molecule is CCn1c(=O)[nH]/c(=N\c2ccc(Oc3ccnc(C(=O)NC)c3)cc2)n(Cc2ccc(Cl)cc2)c1=O. The van der Waals surface area contributed by atoms with Crippen molar-refractivity contribution in [3.8, 4) is 11.5 Å². The second kappa shape index (κ2) is 10.9. The van der Waals surface area contributed by atoms with Gasteiger partial charge in [-0.15, -0.1) is 0 Å². The molecule has 2 N–H and O–H groups in total. The van der Waals surface area contributed by atoms with Crippen LogP contribution in [0.5, 0.6) is 11.5 Å². The molecule has 2 aromatic heterocycles. The molecule has 0 saturated carbocycles. The van der Waals surface area contributed by atoms with Gasteiger partial charge in [-0.1, -0.05) is 23.7 Å². The number of halogens is 1. The van der Waals surface area contributed by atoms with E-state index in [1.807, 2.05) is 0 Å². The van der Waals surface area contributed by atoms with Crippen LogP contribution in [0.4, 0.5) is 5.69 Å². The van der Waals surface area contributed by atoms with Crippen molar-refractivity contribution in [2.24, 2.45) is 4.99 Å². The molecule has 0 saturated heterocycles. The number of ether oxygens (including phenoxy) is 1. The zero-order valence-corrected chi connectivity index (χ0v) is 20.3. The smallest absolute Gasteiger partial charge is 0.335 e. The van der Waals surface area contributed by atoms with E-state index in [9.17, 15) is 14.4 Å². The lowest BCUT2D eigenvalue weighted by Crippen LogP contribution is -2.49. The zero-order valence-electron chi connectivity index (χ0n) is 19.6. The maximum atomic E-state index is 13.0. The van der Waals surface area contributed by atoms with Crippen LogP contribution in [0.2, 0.25) is 5.02 Å². The summed E-state index contributed by atoms with van der Waals surface area (Å²) in [5.74, 6) is 0.633. The van der Waals surface area contributed by atoms with Gasteiger partial charge < -0.3 is 10.1 Å². The molecule has 11 heteroatoms. The lowest BCUT2D eigenvalue weighted by Gasteiger charge is -2.10. The number of aromatic amines is 1. The molecule has 0 spiro atoms. The average molecular weight is 507 g/mol. The van der Waals surface area contributed by atoms with Gasteiger partial charge in [-0.25, -0.2) is 19.1 Å². The first-order valence-electron chi connectivity index (χ1n) is 11.1. The third kappa shape index (κ3) is 5.61. The van der Waals surface area contributed by atoms with Crippen LogP contribution < -0.4 is 27.1 Å². The molecular weight excluding hydrogens is 484 g/mol. The van der Waals surface area contributed by atoms with Gasteiger partial charge in [0.05, 0.1) is 12.2 Å². The second-order valence-electron chi connectivity index (χ2n) is 7.66. The molecule has 0 bridgehead atoms. The number of nitrogens with zero attached hydrogens (tertiary/aromatic N) is 4. The summed E-state index contributed by atoms with van der Waals surface area (Å²) in [6.45, 7) is 2.14. The molecule has 1 amide bonds. The Kier molecular flexibility index (Phi) is 7.45. The normalized spacial score (nSPS) is 11.4. The number of hydrogen-bond acceptors (Lipinski definition) is 6. The standard InChI is InChI=1S/C25H23ClN6O4/c1-3-31-24(34)30-23(32(25(31)35)15-16-4-6-17(26)7-5-16)29-18-8-10-19(11-9-18)36-20-12-13-28-21(14-20)22(33)27-2/h4-14H,3,15H2,1-2H3,(H,27,33)(H,29,30,34). The van der Waals surface area contributed by atoms with E-state index in [0.717, 1.165) is 10.1 Å². The lowest BCUT2D eigenvalue weighted by molar-refractivity contribution is 0.0958. The molecule has 184 valence electrons. The molecule has 0 fully saturated rings. The van der Waals surface area contributed by atoms with E-state index in [4.69, 9.17) is 16.3 Å². The van der Waals surface area contributed by atoms with E-state index >= 15 is 0 Å². The van der Waals surface area contributed by atoms with Crippen LogP contribution >= 0.6 is 11.6 Å². The fourth-order valence-electron chi connectivity index (χ4n) is 3.41. The van der Waals surface area contributed by atoms with Crippen LogP contribution in [0.15, 0.2) is 81.4 Å². The van der Waals surface area contributed by atoms with Gasteiger partial charge >= 0.3 is 11.4 Å². The molecule has 2 aromatic carbocycles. The first-order valence-corrected chi connectivity index (χ1v) is 11.4. The number of carbonyl (C=O) groups excluding carboxylic acids is 1. The topological polar surface area (TPSA) is 123 Å². The maximum absolute atomic E-state index is 13.0. The van der Waals surface area contributed by atoms with Gasteiger partial charge in [-0.05, 0) is 55.0 Å². The van der Waals surface area contributed by atoms with Crippen molar-refractivity contribution < 1.29 is 9.53 Å². The Morgan fingerprint density at radius 1 is 1.06 bits per heavy atom. The fourth-order valence-corrected chi connectivity index (χ4v) is 3.54. The molecule has 4 rings (SSSR count). The number of carbonyl (C=O) groups is 1. The fraction of sp³-hybridized carbons (Fsp3) is 0.160. The molecule has 36 heavy (non-hydrogen) atoms. The van der Waals surface area contributed by atoms with Crippen molar-refractivity contribution in [1.29, 1.82) is 0 Å². The number of hydrogen-bond donors (Lipinski definition) is 2. The lowest BCUT2D eigenvalue weighted by atomic mass is 10.2. The minimum Gasteiger partial charge on any atom is -0.457 e. The highest BCUT2D eigenvalue weighted by atomic mass is 35.5. The minimum absolute atomic E-state index is 0.114. The molecule has 0 radical (unpaired) electrons. The summed E-state index contributed by atoms with van der Waals surface area (Å²) in [6, 6.07) is 17.0. The number of H-pyrrole nitrogens is 1. The van der Waals surface area contributed by atoms with Gasteiger partial charge in [0, 0.05) is 30.9 Å². The van der Waals surface area contributed by atoms with Crippen LogP contribution in [-0.4, -0.2) is 32.1 Å².